The zero-order valence-corrected chi connectivity index (χ0v) is 16.6. The van der Waals surface area contributed by atoms with Crippen LogP contribution in [0.2, 0.25) is 10.0 Å². The molecule has 27 heavy (non-hydrogen) atoms. The molecule has 0 aliphatic heterocycles. The maximum Gasteiger partial charge on any atom is 0.272 e. The molecule has 7 heteroatoms. The largest absolute Gasteiger partial charge is 0.490 e. The second-order valence-corrected chi connectivity index (χ2v) is 6.36. The number of hydrazone groups is 1. The summed E-state index contributed by atoms with van der Waals surface area (Å²) in [6.07, 6.45) is 3.08. The summed E-state index contributed by atoms with van der Waals surface area (Å²) in [5, 5.41) is 4.70. The Balaban J connectivity index is 2.15. The zero-order chi connectivity index (χ0) is 19.8. The van der Waals surface area contributed by atoms with Crippen molar-refractivity contribution in [1.82, 2.24) is 5.43 Å². The van der Waals surface area contributed by atoms with Gasteiger partial charge in [0.1, 0.15) is 6.61 Å². The van der Waals surface area contributed by atoms with Crippen LogP contribution in [-0.4, -0.2) is 25.3 Å². The summed E-state index contributed by atoms with van der Waals surface area (Å²) in [6.45, 7) is 8.12. The summed E-state index contributed by atoms with van der Waals surface area (Å²) >= 11 is 12.4. The van der Waals surface area contributed by atoms with Crippen molar-refractivity contribution in [2.75, 3.05) is 13.2 Å². The zero-order valence-electron chi connectivity index (χ0n) is 15.1. The molecule has 0 saturated heterocycles. The third-order valence-corrected chi connectivity index (χ3v) is 4.02. The first-order valence-corrected chi connectivity index (χ1v) is 9.01. The van der Waals surface area contributed by atoms with E-state index in [-0.39, 0.29) is 0 Å². The van der Waals surface area contributed by atoms with Crippen molar-refractivity contribution < 1.29 is 14.3 Å². The van der Waals surface area contributed by atoms with Crippen molar-refractivity contribution in [2.45, 2.75) is 13.8 Å². The molecule has 2 aromatic carbocycles. The summed E-state index contributed by atoms with van der Waals surface area (Å²) in [5.41, 5.74) is 4.41. The maximum atomic E-state index is 12.2. The topological polar surface area (TPSA) is 59.9 Å². The maximum absolute atomic E-state index is 12.2. The molecule has 0 aliphatic carbocycles. The lowest BCUT2D eigenvalue weighted by atomic mass is 10.1. The molecule has 0 atom stereocenters. The van der Waals surface area contributed by atoms with E-state index < -0.39 is 5.91 Å². The van der Waals surface area contributed by atoms with Gasteiger partial charge in [-0.3, -0.25) is 4.79 Å². The first-order chi connectivity index (χ1) is 13.0. The second-order valence-electron chi connectivity index (χ2n) is 5.55. The minimum atomic E-state index is -0.404. The number of amides is 1. The van der Waals surface area contributed by atoms with Gasteiger partial charge >= 0.3 is 0 Å². The molecule has 0 aliphatic rings. The number of hydrogen-bond donors (Lipinski definition) is 1. The predicted octanol–water partition coefficient (Wildman–Crippen LogP) is 5.03. The lowest BCUT2D eigenvalue weighted by Gasteiger charge is -2.13. The van der Waals surface area contributed by atoms with Crippen molar-refractivity contribution in [3.63, 3.8) is 0 Å². The monoisotopic (exact) mass is 406 g/mol. The highest BCUT2D eigenvalue weighted by atomic mass is 35.5. The smallest absolute Gasteiger partial charge is 0.272 e. The third-order valence-electron chi connectivity index (χ3n) is 3.43. The van der Waals surface area contributed by atoms with Gasteiger partial charge in [0, 0.05) is 0 Å². The van der Waals surface area contributed by atoms with Crippen molar-refractivity contribution >= 4 is 35.3 Å². The van der Waals surface area contributed by atoms with Crippen LogP contribution in [0.15, 0.2) is 48.1 Å². The van der Waals surface area contributed by atoms with Gasteiger partial charge in [-0.05, 0) is 49.2 Å². The highest BCUT2D eigenvalue weighted by molar-refractivity contribution is 6.34. The van der Waals surface area contributed by atoms with E-state index in [0.717, 1.165) is 5.56 Å². The highest BCUT2D eigenvalue weighted by Crippen LogP contribution is 2.36. The van der Waals surface area contributed by atoms with Gasteiger partial charge in [0.15, 0.2) is 11.5 Å². The quantitative estimate of drug-likeness (QED) is 0.379. The molecule has 0 spiro atoms. The van der Waals surface area contributed by atoms with Crippen LogP contribution in [0.25, 0.3) is 0 Å². The molecular weight excluding hydrogens is 387 g/mol. The van der Waals surface area contributed by atoms with Crippen LogP contribution in [0, 0.1) is 6.92 Å². The number of rotatable bonds is 8. The molecule has 5 nitrogen and oxygen atoms in total. The summed E-state index contributed by atoms with van der Waals surface area (Å²) in [5.74, 6) is 0.519. The number of carbonyl (C=O) groups excluding carboxylic acids is 1. The Hall–Kier alpha value is -2.50. The van der Waals surface area contributed by atoms with Gasteiger partial charge in [-0.2, -0.15) is 5.10 Å². The van der Waals surface area contributed by atoms with Crippen molar-refractivity contribution in [3.8, 4) is 11.5 Å². The molecule has 2 aromatic rings. The Bertz CT molecular complexity index is 867. The van der Waals surface area contributed by atoms with Crippen LogP contribution in [0.3, 0.4) is 0 Å². The fourth-order valence-electron chi connectivity index (χ4n) is 2.24. The molecule has 0 heterocycles. The molecule has 0 aromatic heterocycles. The Morgan fingerprint density at radius 3 is 2.67 bits per heavy atom. The average molecular weight is 407 g/mol. The number of nitrogens with one attached hydrogen (secondary N) is 1. The summed E-state index contributed by atoms with van der Waals surface area (Å²) < 4.78 is 11.1. The van der Waals surface area contributed by atoms with Crippen LogP contribution in [0.1, 0.15) is 28.4 Å². The van der Waals surface area contributed by atoms with E-state index in [1.807, 2.05) is 13.8 Å². The molecule has 0 unspecified atom stereocenters. The van der Waals surface area contributed by atoms with Gasteiger partial charge in [0.2, 0.25) is 0 Å². The SMILES string of the molecule is C=CCOc1c(Cl)cc(/C=N\NC(=O)c2ccc(C)cc2Cl)cc1OCC. The van der Waals surface area contributed by atoms with Gasteiger partial charge in [-0.1, -0.05) is 41.9 Å². The van der Waals surface area contributed by atoms with E-state index in [1.54, 1.807) is 36.4 Å². The fraction of sp³-hybridized carbons (Fsp3) is 0.200. The van der Waals surface area contributed by atoms with Crippen molar-refractivity contribution in [2.24, 2.45) is 5.10 Å². The lowest BCUT2D eigenvalue weighted by Crippen LogP contribution is -2.18. The van der Waals surface area contributed by atoms with Crippen molar-refractivity contribution in [3.05, 3.63) is 69.7 Å². The van der Waals surface area contributed by atoms with E-state index >= 15 is 0 Å². The number of nitrogens with zero attached hydrogens (tertiary/aromatic N) is 1. The Kier molecular flexibility index (Phi) is 7.70. The fourth-order valence-corrected chi connectivity index (χ4v) is 2.83. The summed E-state index contributed by atoms with van der Waals surface area (Å²) in [4.78, 5) is 12.2. The highest BCUT2D eigenvalue weighted by Gasteiger charge is 2.12. The standard InChI is InChI=1S/C20H20Cl2N2O3/c1-4-8-27-19-17(22)10-14(11-18(19)26-5-2)12-23-24-20(25)15-7-6-13(3)9-16(15)21/h4,6-7,9-12H,1,5,8H2,2-3H3,(H,24,25)/b23-12-. The molecule has 0 fully saturated rings. The molecule has 0 saturated carbocycles. The van der Waals surface area contributed by atoms with E-state index in [4.69, 9.17) is 32.7 Å². The van der Waals surface area contributed by atoms with Gasteiger partial charge < -0.3 is 9.47 Å². The Labute approximate surface area is 168 Å². The number of aryl methyl sites for hydroxylation is 1. The number of ether oxygens (including phenoxy) is 2. The summed E-state index contributed by atoms with van der Waals surface area (Å²) in [6, 6.07) is 8.56. The third kappa shape index (κ3) is 5.74. The number of halogens is 2. The molecule has 2 rings (SSSR count). The van der Waals surface area contributed by atoms with Crippen LogP contribution in [0.4, 0.5) is 0 Å². The first kappa shape index (κ1) is 20.8. The summed E-state index contributed by atoms with van der Waals surface area (Å²) in [7, 11) is 0. The van der Waals surface area contributed by atoms with E-state index in [0.29, 0.717) is 45.9 Å². The minimum Gasteiger partial charge on any atom is -0.490 e. The van der Waals surface area contributed by atoms with Crippen LogP contribution >= 0.6 is 23.2 Å². The first-order valence-electron chi connectivity index (χ1n) is 8.25. The Morgan fingerprint density at radius 1 is 1.22 bits per heavy atom. The number of carbonyl (C=O) groups is 1. The molecular formula is C20H20Cl2N2O3. The van der Waals surface area contributed by atoms with Crippen molar-refractivity contribution in [1.29, 1.82) is 0 Å². The van der Waals surface area contributed by atoms with Crippen LogP contribution in [0.5, 0.6) is 11.5 Å². The van der Waals surface area contributed by atoms with E-state index in [1.165, 1.54) is 6.21 Å². The van der Waals surface area contributed by atoms with E-state index in [2.05, 4.69) is 17.1 Å². The van der Waals surface area contributed by atoms with Gasteiger partial charge in [-0.15, -0.1) is 0 Å². The van der Waals surface area contributed by atoms with Crippen LogP contribution < -0.4 is 14.9 Å². The number of benzene rings is 2. The Morgan fingerprint density at radius 2 is 2.00 bits per heavy atom. The number of hydrogen-bond acceptors (Lipinski definition) is 4. The van der Waals surface area contributed by atoms with Gasteiger partial charge in [-0.25, -0.2) is 5.43 Å². The van der Waals surface area contributed by atoms with Gasteiger partial charge in [0.25, 0.3) is 5.91 Å². The van der Waals surface area contributed by atoms with Gasteiger partial charge in [0.05, 0.1) is 28.4 Å². The molecule has 1 amide bonds. The van der Waals surface area contributed by atoms with Crippen LogP contribution in [-0.2, 0) is 0 Å². The molecule has 1 N–H and O–H groups in total. The molecule has 0 bridgehead atoms. The molecule has 0 radical (unpaired) electrons. The molecule has 142 valence electrons. The minimum absolute atomic E-state index is 0.306. The second kappa shape index (κ2) is 10.00. The normalized spacial score (nSPS) is 10.7. The lowest BCUT2D eigenvalue weighted by molar-refractivity contribution is 0.0955. The van der Waals surface area contributed by atoms with E-state index in [9.17, 15) is 4.79 Å². The average Bonchev–Trinajstić information content (AvgIpc) is 2.61. The predicted molar refractivity (Wildman–Crippen MR) is 110 cm³/mol.